The molecule has 2 aromatic rings. The van der Waals surface area contributed by atoms with Crippen molar-refractivity contribution in [3.05, 3.63) is 75.0 Å². The van der Waals surface area contributed by atoms with Gasteiger partial charge in [0.2, 0.25) is 5.43 Å². The Morgan fingerprint density at radius 1 is 1.26 bits per heavy atom. The summed E-state index contributed by atoms with van der Waals surface area (Å²) in [5.74, 6) is -6.06. The molecule has 2 N–H and O–H groups in total. The van der Waals surface area contributed by atoms with Crippen LogP contribution in [0.5, 0.6) is 5.75 Å². The Balaban J connectivity index is 1.55. The fourth-order valence-electron chi connectivity index (χ4n) is 4.64. The molecule has 9 nitrogen and oxygen atoms in total. The average molecular weight is 490 g/mol. The van der Waals surface area contributed by atoms with Gasteiger partial charge < -0.3 is 20.1 Å². The van der Waals surface area contributed by atoms with Crippen molar-refractivity contribution >= 4 is 11.8 Å². The SMILES string of the molecule is C[C@H]1C=C[C@@]2(CCOC2)N2CN1C(=O)c1c(O)c(=O)c(C(=O)NCc3c(F)cc(F)cc3F)cn12. The van der Waals surface area contributed by atoms with Crippen LogP contribution in [-0.4, -0.2) is 58.0 Å². The lowest BCUT2D eigenvalue weighted by Gasteiger charge is -2.46. The van der Waals surface area contributed by atoms with Crippen molar-refractivity contribution in [1.29, 1.82) is 0 Å². The summed E-state index contributed by atoms with van der Waals surface area (Å²) in [6.07, 6.45) is 5.47. The van der Waals surface area contributed by atoms with Gasteiger partial charge >= 0.3 is 0 Å². The van der Waals surface area contributed by atoms with E-state index in [4.69, 9.17) is 4.74 Å². The van der Waals surface area contributed by atoms with E-state index >= 15 is 0 Å². The second-order valence-electron chi connectivity index (χ2n) is 8.77. The predicted octanol–water partition coefficient (Wildman–Crippen LogP) is 1.37. The lowest BCUT2D eigenvalue weighted by Crippen LogP contribution is -2.63. The Morgan fingerprint density at radius 2 is 1.97 bits per heavy atom. The summed E-state index contributed by atoms with van der Waals surface area (Å²) in [7, 11) is 0. The van der Waals surface area contributed by atoms with Gasteiger partial charge in [-0.1, -0.05) is 12.2 Å². The van der Waals surface area contributed by atoms with Crippen LogP contribution in [0.4, 0.5) is 13.2 Å². The van der Waals surface area contributed by atoms with E-state index in [2.05, 4.69) is 5.32 Å². The minimum absolute atomic E-state index is 0.110. The third-order valence-corrected chi connectivity index (χ3v) is 6.67. The molecule has 2 atom stereocenters. The first-order chi connectivity index (χ1) is 16.6. The predicted molar refractivity (Wildman–Crippen MR) is 116 cm³/mol. The van der Waals surface area contributed by atoms with E-state index in [0.717, 1.165) is 6.20 Å². The molecule has 5 rings (SSSR count). The minimum Gasteiger partial charge on any atom is -0.502 e. The number of carbonyl (C=O) groups is 2. The van der Waals surface area contributed by atoms with Crippen molar-refractivity contribution in [1.82, 2.24) is 14.9 Å². The smallest absolute Gasteiger partial charge is 0.278 e. The Hall–Kier alpha value is -3.80. The molecule has 184 valence electrons. The first-order valence-electron chi connectivity index (χ1n) is 10.9. The van der Waals surface area contributed by atoms with E-state index in [1.165, 1.54) is 9.58 Å². The molecule has 3 aliphatic rings. The Bertz CT molecular complexity index is 1310. The Morgan fingerprint density at radius 3 is 2.63 bits per heavy atom. The van der Waals surface area contributed by atoms with Gasteiger partial charge in [-0.3, -0.25) is 24.1 Å². The number of aromatic nitrogens is 1. The highest BCUT2D eigenvalue weighted by Gasteiger charge is 2.47. The molecule has 0 unspecified atom stereocenters. The van der Waals surface area contributed by atoms with Gasteiger partial charge in [0.05, 0.1) is 6.61 Å². The quantitative estimate of drug-likeness (QED) is 0.630. The molecule has 1 saturated heterocycles. The standard InChI is InChI=1S/C23H21F3N4O5/c1-12-2-3-23(4-5-35-10-23)30-11-28(12)22(34)18-20(32)19(31)15(9-29(18)30)21(33)27-8-14-16(25)6-13(24)7-17(14)26/h2-3,6-7,9,12,32H,4-5,8,10-11H2,1H3,(H,27,33)/t12-,23-/m0/s1. The summed E-state index contributed by atoms with van der Waals surface area (Å²) in [6.45, 7) is 1.98. The zero-order valence-electron chi connectivity index (χ0n) is 18.6. The number of pyridine rings is 1. The molecule has 1 aromatic carbocycles. The van der Waals surface area contributed by atoms with Crippen molar-refractivity contribution in [3.63, 3.8) is 0 Å². The first-order valence-corrected chi connectivity index (χ1v) is 10.9. The second-order valence-corrected chi connectivity index (χ2v) is 8.77. The third-order valence-electron chi connectivity index (χ3n) is 6.67. The van der Waals surface area contributed by atoms with Gasteiger partial charge in [0.15, 0.2) is 11.4 Å². The molecule has 0 aliphatic carbocycles. The highest BCUT2D eigenvalue weighted by atomic mass is 19.1. The van der Waals surface area contributed by atoms with Crippen molar-refractivity contribution in [2.75, 3.05) is 24.9 Å². The van der Waals surface area contributed by atoms with Gasteiger partial charge in [-0.05, 0) is 6.92 Å². The summed E-state index contributed by atoms with van der Waals surface area (Å²) >= 11 is 0. The number of aromatic hydroxyl groups is 1. The molecule has 3 aliphatic heterocycles. The largest absolute Gasteiger partial charge is 0.502 e. The van der Waals surface area contributed by atoms with Gasteiger partial charge in [0.25, 0.3) is 11.8 Å². The van der Waals surface area contributed by atoms with Crippen molar-refractivity contribution < 1.29 is 32.6 Å². The van der Waals surface area contributed by atoms with Gasteiger partial charge in [-0.2, -0.15) is 0 Å². The minimum atomic E-state index is -1.20. The highest BCUT2D eigenvalue weighted by Crippen LogP contribution is 2.35. The van der Waals surface area contributed by atoms with Crippen LogP contribution >= 0.6 is 0 Å². The van der Waals surface area contributed by atoms with Crippen LogP contribution in [0.2, 0.25) is 0 Å². The fraction of sp³-hybridized carbons (Fsp3) is 0.348. The number of amides is 2. The normalized spacial score (nSPS) is 23.0. The average Bonchev–Trinajstić information content (AvgIpc) is 3.24. The number of halogens is 3. The number of fused-ring (bicyclic) bond motifs is 5. The first kappa shape index (κ1) is 23.0. The lowest BCUT2D eigenvalue weighted by molar-refractivity contribution is 0.0629. The van der Waals surface area contributed by atoms with Crippen molar-refractivity contribution in [3.8, 4) is 5.75 Å². The number of hydrogen-bond donors (Lipinski definition) is 2. The molecule has 4 heterocycles. The van der Waals surface area contributed by atoms with Gasteiger partial charge in [0.1, 0.15) is 35.2 Å². The fourth-order valence-corrected chi connectivity index (χ4v) is 4.64. The molecule has 1 fully saturated rings. The highest BCUT2D eigenvalue weighted by molar-refractivity contribution is 5.99. The zero-order chi connectivity index (χ0) is 25.1. The Kier molecular flexibility index (Phi) is 5.35. The molecule has 1 spiro atoms. The summed E-state index contributed by atoms with van der Waals surface area (Å²) in [5.41, 5.74) is -3.23. The van der Waals surface area contributed by atoms with E-state index in [0.29, 0.717) is 25.2 Å². The number of carbonyl (C=O) groups excluding carboxylic acids is 2. The van der Waals surface area contributed by atoms with Crippen molar-refractivity contribution in [2.24, 2.45) is 0 Å². The number of rotatable bonds is 3. The summed E-state index contributed by atoms with van der Waals surface area (Å²) < 4.78 is 47.9. The summed E-state index contributed by atoms with van der Waals surface area (Å²) in [4.78, 5) is 40.4. The molecule has 1 aromatic heterocycles. The number of ether oxygens (including phenoxy) is 1. The van der Waals surface area contributed by atoms with Gasteiger partial charge in [-0.25, -0.2) is 13.2 Å². The number of hydrogen-bond acceptors (Lipinski definition) is 6. The van der Waals surface area contributed by atoms with Crippen LogP contribution in [0.3, 0.4) is 0 Å². The molecule has 0 saturated carbocycles. The van der Waals surface area contributed by atoms with Crippen LogP contribution < -0.4 is 15.8 Å². The van der Waals surface area contributed by atoms with Crippen LogP contribution in [0.1, 0.15) is 39.8 Å². The maximum Gasteiger partial charge on any atom is 0.278 e. The number of benzene rings is 1. The van der Waals surface area contributed by atoms with Crippen LogP contribution in [-0.2, 0) is 11.3 Å². The zero-order valence-corrected chi connectivity index (χ0v) is 18.6. The van der Waals surface area contributed by atoms with Crippen molar-refractivity contribution in [2.45, 2.75) is 31.5 Å². The monoisotopic (exact) mass is 490 g/mol. The molecule has 12 heteroatoms. The molecule has 0 radical (unpaired) electrons. The molecule has 35 heavy (non-hydrogen) atoms. The van der Waals surface area contributed by atoms with E-state index in [1.807, 2.05) is 19.1 Å². The number of nitrogens with zero attached hydrogens (tertiary/aromatic N) is 3. The van der Waals surface area contributed by atoms with Crippen LogP contribution in [0.15, 0.2) is 35.3 Å². The van der Waals surface area contributed by atoms with Gasteiger partial charge in [-0.15, -0.1) is 0 Å². The van der Waals surface area contributed by atoms with Crippen LogP contribution in [0.25, 0.3) is 0 Å². The maximum atomic E-state index is 14.0. The molecular weight excluding hydrogens is 469 g/mol. The molecule has 2 bridgehead atoms. The third kappa shape index (κ3) is 3.55. The maximum absolute atomic E-state index is 14.0. The molecular formula is C23H21F3N4O5. The molecule has 2 amide bonds. The lowest BCUT2D eigenvalue weighted by atomic mass is 9.97. The van der Waals surface area contributed by atoms with Gasteiger partial charge in [0, 0.05) is 49.5 Å². The van der Waals surface area contributed by atoms with E-state index in [9.17, 15) is 32.7 Å². The van der Waals surface area contributed by atoms with E-state index in [-0.39, 0.29) is 25.0 Å². The topological polar surface area (TPSA) is 104 Å². The summed E-state index contributed by atoms with van der Waals surface area (Å²) in [6, 6.07) is 0.619. The van der Waals surface area contributed by atoms with E-state index < -0.39 is 63.7 Å². The van der Waals surface area contributed by atoms with E-state index in [1.54, 1.807) is 5.01 Å². The Labute approximate surface area is 197 Å². The number of nitrogens with one attached hydrogen (secondary N) is 1. The second kappa shape index (κ2) is 8.15. The summed E-state index contributed by atoms with van der Waals surface area (Å²) in [5, 5.41) is 14.7. The van der Waals surface area contributed by atoms with Crippen LogP contribution in [0, 0.1) is 17.5 Å².